The molecule has 0 radical (unpaired) electrons. The Labute approximate surface area is 142 Å². The fraction of sp³-hybridized carbons (Fsp3) is 0.200. The molecule has 0 bridgehead atoms. The van der Waals surface area contributed by atoms with Crippen molar-refractivity contribution in [3.63, 3.8) is 0 Å². The summed E-state index contributed by atoms with van der Waals surface area (Å²) >= 11 is 1.20. The van der Waals surface area contributed by atoms with Crippen molar-refractivity contribution in [1.29, 1.82) is 0 Å². The van der Waals surface area contributed by atoms with Gasteiger partial charge in [-0.15, -0.1) is 11.3 Å². The van der Waals surface area contributed by atoms with E-state index in [9.17, 15) is 13.2 Å². The molecule has 0 aliphatic heterocycles. The molecule has 0 unspecified atom stereocenters. The van der Waals surface area contributed by atoms with Gasteiger partial charge in [0.15, 0.2) is 5.76 Å². The molecular formula is C15H15N3O4S2. The summed E-state index contributed by atoms with van der Waals surface area (Å²) in [7, 11) is -3.57. The maximum absolute atomic E-state index is 12.2. The largest absolute Gasteiger partial charge is 0.463 e. The highest BCUT2D eigenvalue weighted by Crippen LogP contribution is 2.20. The Hall–Kier alpha value is -2.23. The number of nitrogens with zero attached hydrogens (tertiary/aromatic N) is 2. The Balaban J connectivity index is 1.71. The van der Waals surface area contributed by atoms with Crippen molar-refractivity contribution in [2.45, 2.75) is 17.7 Å². The molecule has 9 heteroatoms. The van der Waals surface area contributed by atoms with Crippen LogP contribution in [0.3, 0.4) is 0 Å². The van der Waals surface area contributed by atoms with E-state index >= 15 is 0 Å². The Kier molecular flexibility index (Phi) is 4.65. The average Bonchev–Trinajstić information content (AvgIpc) is 3.20. The van der Waals surface area contributed by atoms with Gasteiger partial charge in [0, 0.05) is 17.5 Å². The summed E-state index contributed by atoms with van der Waals surface area (Å²) in [4.78, 5) is 12.8. The van der Waals surface area contributed by atoms with E-state index < -0.39 is 10.0 Å². The van der Waals surface area contributed by atoms with E-state index in [0.717, 1.165) is 4.88 Å². The second-order valence-corrected chi connectivity index (χ2v) is 8.30. The topological polar surface area (TPSA) is 94.2 Å². The van der Waals surface area contributed by atoms with Gasteiger partial charge in [0.25, 0.3) is 5.56 Å². The van der Waals surface area contributed by atoms with Crippen molar-refractivity contribution in [3.05, 3.63) is 57.9 Å². The maximum Gasteiger partial charge on any atom is 0.266 e. The number of sulfonamides is 1. The van der Waals surface area contributed by atoms with Crippen molar-refractivity contribution >= 4 is 21.4 Å². The van der Waals surface area contributed by atoms with E-state index in [1.165, 1.54) is 28.3 Å². The van der Waals surface area contributed by atoms with Crippen molar-refractivity contribution in [3.8, 4) is 11.5 Å². The molecule has 0 aromatic carbocycles. The minimum Gasteiger partial charge on any atom is -0.463 e. The van der Waals surface area contributed by atoms with E-state index in [0.29, 0.717) is 11.5 Å². The summed E-state index contributed by atoms with van der Waals surface area (Å²) in [6, 6.07) is 9.71. The fourth-order valence-electron chi connectivity index (χ4n) is 2.08. The van der Waals surface area contributed by atoms with Crippen LogP contribution in [0.2, 0.25) is 0 Å². The van der Waals surface area contributed by atoms with E-state index in [-0.39, 0.29) is 22.9 Å². The molecule has 3 aromatic heterocycles. The number of hydrogen-bond acceptors (Lipinski definition) is 6. The quantitative estimate of drug-likeness (QED) is 0.719. The van der Waals surface area contributed by atoms with E-state index in [4.69, 9.17) is 4.42 Å². The minimum atomic E-state index is -3.57. The third kappa shape index (κ3) is 3.64. The average molecular weight is 365 g/mol. The third-order valence-corrected chi connectivity index (χ3v) is 6.19. The zero-order valence-electron chi connectivity index (χ0n) is 12.8. The van der Waals surface area contributed by atoms with Crippen LogP contribution in [-0.2, 0) is 16.6 Å². The molecule has 1 N–H and O–H groups in total. The smallest absolute Gasteiger partial charge is 0.266 e. The summed E-state index contributed by atoms with van der Waals surface area (Å²) in [5.41, 5.74) is 0.202. The molecule has 0 saturated carbocycles. The van der Waals surface area contributed by atoms with Gasteiger partial charge < -0.3 is 4.42 Å². The lowest BCUT2D eigenvalue weighted by Crippen LogP contribution is -2.31. The predicted octanol–water partition coefficient (Wildman–Crippen LogP) is 1.85. The normalized spacial score (nSPS) is 11.7. The first-order valence-electron chi connectivity index (χ1n) is 7.14. The molecule has 24 heavy (non-hydrogen) atoms. The van der Waals surface area contributed by atoms with Crippen LogP contribution < -0.4 is 10.3 Å². The lowest BCUT2D eigenvalue weighted by atomic mass is 10.3. The van der Waals surface area contributed by atoms with Gasteiger partial charge in [-0.1, -0.05) is 0 Å². The van der Waals surface area contributed by atoms with Crippen molar-refractivity contribution in [2.75, 3.05) is 6.54 Å². The number of nitrogens with one attached hydrogen (secondary N) is 1. The molecule has 0 saturated heterocycles. The molecule has 0 aliphatic carbocycles. The Morgan fingerprint density at radius 1 is 1.25 bits per heavy atom. The van der Waals surface area contributed by atoms with Crippen LogP contribution in [0.5, 0.6) is 0 Å². The van der Waals surface area contributed by atoms with Gasteiger partial charge in [-0.3, -0.25) is 4.79 Å². The van der Waals surface area contributed by atoms with E-state index in [1.54, 1.807) is 30.3 Å². The number of thiophene rings is 1. The lowest BCUT2D eigenvalue weighted by molar-refractivity contribution is 0.540. The van der Waals surface area contributed by atoms with Gasteiger partial charge in [0.2, 0.25) is 10.0 Å². The van der Waals surface area contributed by atoms with Crippen molar-refractivity contribution in [2.24, 2.45) is 0 Å². The van der Waals surface area contributed by atoms with Crippen LogP contribution in [0.25, 0.3) is 11.5 Å². The van der Waals surface area contributed by atoms with Gasteiger partial charge >= 0.3 is 0 Å². The molecule has 0 fully saturated rings. The molecule has 126 valence electrons. The van der Waals surface area contributed by atoms with Gasteiger partial charge in [-0.2, -0.15) is 5.10 Å². The Bertz CT molecular complexity index is 988. The van der Waals surface area contributed by atoms with E-state index in [2.05, 4.69) is 9.82 Å². The van der Waals surface area contributed by atoms with Crippen LogP contribution in [0.4, 0.5) is 0 Å². The van der Waals surface area contributed by atoms with Crippen LogP contribution >= 0.6 is 11.3 Å². The first-order valence-corrected chi connectivity index (χ1v) is 9.44. The van der Waals surface area contributed by atoms with Gasteiger partial charge in [0.05, 0.1) is 12.8 Å². The van der Waals surface area contributed by atoms with Gasteiger partial charge in [0.1, 0.15) is 9.90 Å². The SMILES string of the molecule is Cc1ccc(S(=O)(=O)NCCn2nc(-c3ccco3)ccc2=O)s1. The standard InChI is InChI=1S/C15H15N3O4S2/c1-11-4-7-15(23-11)24(20,21)16-8-9-18-14(19)6-5-12(17-18)13-3-2-10-22-13/h2-7,10,16H,8-9H2,1H3. The summed E-state index contributed by atoms with van der Waals surface area (Å²) in [6.07, 6.45) is 1.52. The second-order valence-electron chi connectivity index (χ2n) is 5.02. The fourth-order valence-corrected chi connectivity index (χ4v) is 4.43. The van der Waals surface area contributed by atoms with Crippen molar-refractivity contribution in [1.82, 2.24) is 14.5 Å². The highest BCUT2D eigenvalue weighted by Gasteiger charge is 2.15. The monoisotopic (exact) mass is 365 g/mol. The van der Waals surface area contributed by atoms with Crippen LogP contribution in [-0.4, -0.2) is 24.7 Å². The number of hydrogen-bond donors (Lipinski definition) is 1. The van der Waals surface area contributed by atoms with Crippen LogP contribution in [0.1, 0.15) is 4.88 Å². The van der Waals surface area contributed by atoms with Crippen LogP contribution in [0, 0.1) is 6.92 Å². The predicted molar refractivity (Wildman–Crippen MR) is 90.4 cm³/mol. The first kappa shape index (κ1) is 16.6. The highest BCUT2D eigenvalue weighted by molar-refractivity contribution is 7.91. The first-order chi connectivity index (χ1) is 11.5. The number of furan rings is 1. The number of rotatable bonds is 6. The lowest BCUT2D eigenvalue weighted by Gasteiger charge is -2.07. The Morgan fingerprint density at radius 2 is 2.08 bits per heavy atom. The molecule has 0 amide bonds. The third-order valence-electron chi connectivity index (χ3n) is 3.24. The molecule has 3 rings (SSSR count). The molecular weight excluding hydrogens is 350 g/mol. The van der Waals surface area contributed by atoms with Gasteiger partial charge in [-0.05, 0) is 37.3 Å². The summed E-state index contributed by atoms with van der Waals surface area (Å²) in [5.74, 6) is 0.540. The second kappa shape index (κ2) is 6.71. The molecule has 0 spiro atoms. The number of aromatic nitrogens is 2. The Morgan fingerprint density at radius 3 is 2.75 bits per heavy atom. The highest BCUT2D eigenvalue weighted by atomic mass is 32.2. The number of aryl methyl sites for hydroxylation is 1. The zero-order valence-corrected chi connectivity index (χ0v) is 14.4. The molecule has 7 nitrogen and oxygen atoms in total. The molecule has 0 aliphatic rings. The molecule has 0 atom stereocenters. The van der Waals surface area contributed by atoms with Gasteiger partial charge in [-0.25, -0.2) is 17.8 Å². The van der Waals surface area contributed by atoms with Crippen molar-refractivity contribution < 1.29 is 12.8 Å². The molecule has 3 heterocycles. The zero-order chi connectivity index (χ0) is 17.2. The molecule has 3 aromatic rings. The maximum atomic E-state index is 12.2. The van der Waals surface area contributed by atoms with Crippen LogP contribution in [0.15, 0.2) is 56.1 Å². The minimum absolute atomic E-state index is 0.0633. The summed E-state index contributed by atoms with van der Waals surface area (Å²) < 4.78 is 33.5. The summed E-state index contributed by atoms with van der Waals surface area (Å²) in [5, 5.41) is 4.19. The summed E-state index contributed by atoms with van der Waals surface area (Å²) in [6.45, 7) is 2.03. The van der Waals surface area contributed by atoms with E-state index in [1.807, 2.05) is 6.92 Å².